The van der Waals surface area contributed by atoms with Crippen LogP contribution in [0.3, 0.4) is 0 Å². The molecule has 0 aliphatic carbocycles. The second kappa shape index (κ2) is 58.0. The summed E-state index contributed by atoms with van der Waals surface area (Å²) in [5.74, 6) is -3.24. The Kier molecular flexibility index (Phi) is 53.6. The smallest absolute Gasteiger partial charge is 0.335 e. The van der Waals surface area contributed by atoms with Crippen LogP contribution in [0.2, 0.25) is 0 Å². The number of carbonyl (C=O) groups is 4. The molecular weight excluding hydrogens is 1040 g/mol. The van der Waals surface area contributed by atoms with Crippen LogP contribution in [0.4, 0.5) is 0 Å². The van der Waals surface area contributed by atoms with Crippen molar-refractivity contribution in [3.05, 3.63) is 97.2 Å². The van der Waals surface area contributed by atoms with E-state index in [4.69, 9.17) is 23.7 Å². The van der Waals surface area contributed by atoms with Crippen molar-refractivity contribution >= 4 is 23.9 Å². The molecule has 0 saturated carbocycles. The fourth-order valence-corrected chi connectivity index (χ4v) is 9.60. The first-order chi connectivity index (χ1) is 40.6. The number of aliphatic hydroxyl groups is 2. The molecule has 1 saturated heterocycles. The highest BCUT2D eigenvalue weighted by Gasteiger charge is 2.50. The molecule has 12 heteroatoms. The fraction of sp³-hybridized carbons (Fsp3) is 0.718. The van der Waals surface area contributed by atoms with Gasteiger partial charge in [0.05, 0.1) is 6.61 Å². The Morgan fingerprint density at radius 2 is 0.783 bits per heavy atom. The van der Waals surface area contributed by atoms with Gasteiger partial charge in [0, 0.05) is 19.3 Å². The summed E-state index contributed by atoms with van der Waals surface area (Å²) in [6.07, 6.45) is 65.2. The van der Waals surface area contributed by atoms with Crippen LogP contribution in [0.5, 0.6) is 0 Å². The molecule has 3 N–H and O–H groups in total. The zero-order valence-electron chi connectivity index (χ0n) is 52.4. The lowest BCUT2D eigenvalue weighted by molar-refractivity contribution is -0.301. The molecule has 6 unspecified atom stereocenters. The lowest BCUT2D eigenvalue weighted by Crippen LogP contribution is -2.61. The third-order valence-corrected chi connectivity index (χ3v) is 14.7. The van der Waals surface area contributed by atoms with Gasteiger partial charge in [0.1, 0.15) is 18.8 Å². The summed E-state index contributed by atoms with van der Waals surface area (Å²) in [5.41, 5.74) is 0. The summed E-state index contributed by atoms with van der Waals surface area (Å²) in [6.45, 7) is 5.82. The Bertz CT molecular complexity index is 1810. The molecule has 0 bridgehead atoms. The van der Waals surface area contributed by atoms with E-state index in [1.807, 2.05) is 12.2 Å². The van der Waals surface area contributed by atoms with E-state index in [0.29, 0.717) is 19.3 Å². The summed E-state index contributed by atoms with van der Waals surface area (Å²) in [4.78, 5) is 51.3. The molecule has 1 aliphatic heterocycles. The van der Waals surface area contributed by atoms with E-state index in [2.05, 4.69) is 106 Å². The molecule has 474 valence electrons. The summed E-state index contributed by atoms with van der Waals surface area (Å²) in [5, 5.41) is 31.6. The van der Waals surface area contributed by atoms with E-state index in [9.17, 15) is 34.5 Å². The summed E-state index contributed by atoms with van der Waals surface area (Å²) >= 11 is 0. The zero-order valence-corrected chi connectivity index (χ0v) is 52.4. The largest absolute Gasteiger partial charge is 0.479 e. The van der Waals surface area contributed by atoms with Crippen molar-refractivity contribution in [3.8, 4) is 0 Å². The van der Waals surface area contributed by atoms with E-state index in [-0.39, 0.29) is 25.9 Å². The molecule has 0 radical (unpaired) electrons. The average molecular weight is 1160 g/mol. The maximum absolute atomic E-state index is 13.2. The van der Waals surface area contributed by atoms with Crippen LogP contribution in [0.1, 0.15) is 278 Å². The molecule has 1 heterocycles. The number of aliphatic carboxylic acids is 1. The van der Waals surface area contributed by atoms with Gasteiger partial charge in [-0.05, 0) is 89.9 Å². The van der Waals surface area contributed by atoms with Crippen molar-refractivity contribution in [1.82, 2.24) is 0 Å². The van der Waals surface area contributed by atoms with Gasteiger partial charge in [-0.3, -0.25) is 14.4 Å². The number of ether oxygens (including phenoxy) is 5. The van der Waals surface area contributed by atoms with Gasteiger partial charge in [0.15, 0.2) is 24.6 Å². The first kappa shape index (κ1) is 76.7. The quantitative estimate of drug-likeness (QED) is 0.0228. The first-order valence-electron chi connectivity index (χ1n) is 33.2. The van der Waals surface area contributed by atoms with Crippen LogP contribution in [-0.4, -0.2) is 89.2 Å². The van der Waals surface area contributed by atoms with Gasteiger partial charge in [-0.1, -0.05) is 266 Å². The first-order valence-corrected chi connectivity index (χ1v) is 33.2. The molecule has 0 aromatic rings. The second-order valence-electron chi connectivity index (χ2n) is 22.4. The zero-order chi connectivity index (χ0) is 60.3. The molecule has 1 fully saturated rings. The Morgan fingerprint density at radius 1 is 0.410 bits per heavy atom. The van der Waals surface area contributed by atoms with Crippen molar-refractivity contribution in [2.45, 2.75) is 314 Å². The van der Waals surface area contributed by atoms with Crippen molar-refractivity contribution in [2.24, 2.45) is 0 Å². The number of aliphatic hydroxyl groups excluding tert-OH is 2. The normalized spacial score (nSPS) is 18.2. The summed E-state index contributed by atoms with van der Waals surface area (Å²) in [7, 11) is 0. The minimum absolute atomic E-state index is 0.0348. The van der Waals surface area contributed by atoms with Crippen LogP contribution in [-0.2, 0) is 42.9 Å². The number of hydrogen-bond donors (Lipinski definition) is 3. The topological polar surface area (TPSA) is 175 Å². The van der Waals surface area contributed by atoms with E-state index in [0.717, 1.165) is 103 Å². The second-order valence-corrected chi connectivity index (χ2v) is 22.4. The van der Waals surface area contributed by atoms with Crippen LogP contribution < -0.4 is 0 Å². The minimum Gasteiger partial charge on any atom is -0.479 e. The van der Waals surface area contributed by atoms with Gasteiger partial charge in [0.2, 0.25) is 0 Å². The van der Waals surface area contributed by atoms with Gasteiger partial charge >= 0.3 is 23.9 Å². The maximum Gasteiger partial charge on any atom is 0.335 e. The van der Waals surface area contributed by atoms with Crippen molar-refractivity contribution in [3.63, 3.8) is 0 Å². The fourth-order valence-electron chi connectivity index (χ4n) is 9.60. The van der Waals surface area contributed by atoms with Gasteiger partial charge in [-0.25, -0.2) is 4.79 Å². The van der Waals surface area contributed by atoms with E-state index in [1.54, 1.807) is 0 Å². The van der Waals surface area contributed by atoms with E-state index in [1.165, 1.54) is 116 Å². The van der Waals surface area contributed by atoms with Gasteiger partial charge < -0.3 is 39.0 Å². The Balaban J connectivity index is 2.70. The van der Waals surface area contributed by atoms with E-state index >= 15 is 0 Å². The standard InChI is InChI=1S/C71H118O12/c1-4-7-10-13-16-19-22-25-28-30-32-34-37-39-42-45-48-51-54-57-63(72)79-60-62(81-64(73)58-55-52-49-46-43-41-38-35-33-31-29-26-23-20-17-14-11-8-5-2)61-80-71-69(67(76)66(75)68(83-71)70(77)78)82-65(74)59-56-53-50-47-44-40-36-27-24-21-18-15-12-9-6-3/h7,10,16,18-19,21,25,27-28,32,34,36,39,42,48,51,62,66-69,71,75-76H,4-6,8-9,11-15,17,20,22-24,26,29-31,33,35,37-38,40-41,43-47,49-50,52-61H2,1-3H3,(H,77,78)/b10-7-,19-16-,21-18-,28-25-,34-32-,36-27-,42-39-,51-48-. The molecule has 0 amide bonds. The van der Waals surface area contributed by atoms with Gasteiger partial charge in [-0.2, -0.15) is 0 Å². The number of carbonyl (C=O) groups excluding carboxylic acids is 3. The van der Waals surface area contributed by atoms with Gasteiger partial charge in [0.25, 0.3) is 0 Å². The van der Waals surface area contributed by atoms with Crippen molar-refractivity contribution in [1.29, 1.82) is 0 Å². The average Bonchev–Trinajstić information content (AvgIpc) is 3.58. The van der Waals surface area contributed by atoms with Crippen LogP contribution in [0.15, 0.2) is 97.2 Å². The highest BCUT2D eigenvalue weighted by Crippen LogP contribution is 2.27. The molecular formula is C71H118O12. The SMILES string of the molecule is CC/C=C\C/C=C\C/C=C\C/C=C\C/C=C\C/C=C\CCC(=O)OCC(COC1OC(C(=O)O)C(O)C(O)C1OC(=O)CCCCCCC/C=C\C/C=C\CCCCC)OC(=O)CCCCCCCCCCCCCCCCCCCCC. The molecule has 1 rings (SSSR count). The van der Waals surface area contributed by atoms with Crippen LogP contribution >= 0.6 is 0 Å². The minimum atomic E-state index is -1.92. The Hall–Kier alpha value is -4.36. The van der Waals surface area contributed by atoms with Gasteiger partial charge in [-0.15, -0.1) is 0 Å². The third-order valence-electron chi connectivity index (χ3n) is 14.7. The summed E-state index contributed by atoms with van der Waals surface area (Å²) in [6, 6.07) is 0. The number of allylic oxidation sites excluding steroid dienone is 16. The highest BCUT2D eigenvalue weighted by atomic mass is 16.7. The van der Waals surface area contributed by atoms with E-state index < -0.39 is 67.3 Å². The summed E-state index contributed by atoms with van der Waals surface area (Å²) < 4.78 is 28.5. The van der Waals surface area contributed by atoms with Crippen LogP contribution in [0, 0.1) is 0 Å². The molecule has 0 aromatic carbocycles. The lowest BCUT2D eigenvalue weighted by Gasteiger charge is -2.40. The third kappa shape index (κ3) is 47.6. The molecule has 1 aliphatic rings. The molecule has 6 atom stereocenters. The monoisotopic (exact) mass is 1160 g/mol. The highest BCUT2D eigenvalue weighted by molar-refractivity contribution is 5.74. The predicted octanol–water partition coefficient (Wildman–Crippen LogP) is 18.0. The molecule has 0 aromatic heterocycles. The molecule has 83 heavy (non-hydrogen) atoms. The Labute approximate surface area is 504 Å². The number of carboxylic acid groups (broad SMARTS) is 1. The van der Waals surface area contributed by atoms with Crippen LogP contribution in [0.25, 0.3) is 0 Å². The number of rotatable bonds is 56. The maximum atomic E-state index is 13.2. The molecule has 12 nitrogen and oxygen atoms in total. The van der Waals surface area contributed by atoms with Crippen molar-refractivity contribution in [2.75, 3.05) is 13.2 Å². The predicted molar refractivity (Wildman–Crippen MR) is 340 cm³/mol. The number of hydrogen-bond acceptors (Lipinski definition) is 11. The van der Waals surface area contributed by atoms with Crippen molar-refractivity contribution < 1.29 is 58.2 Å². The Morgan fingerprint density at radius 3 is 1.23 bits per heavy atom. The number of unbranched alkanes of at least 4 members (excludes halogenated alkanes) is 26. The lowest BCUT2D eigenvalue weighted by atomic mass is 9.98. The number of esters is 3. The molecule has 0 spiro atoms. The number of carboxylic acids is 1.